The maximum atomic E-state index is 11.5. The van der Waals surface area contributed by atoms with Crippen molar-refractivity contribution < 1.29 is 43.2 Å². The van der Waals surface area contributed by atoms with Crippen LogP contribution in [0.2, 0.25) is 0 Å². The second-order valence-electron chi connectivity index (χ2n) is 6.78. The summed E-state index contributed by atoms with van der Waals surface area (Å²) in [5.74, 6) is 0. The van der Waals surface area contributed by atoms with Crippen LogP contribution < -0.4 is 4.13 Å². The molecule has 7 nitrogen and oxygen atoms in total. The molecule has 0 amide bonds. The summed E-state index contributed by atoms with van der Waals surface area (Å²) in [5, 5.41) is 0. The van der Waals surface area contributed by atoms with Crippen LogP contribution in [-0.4, -0.2) is 50.9 Å². The molecule has 1 aliphatic rings. The van der Waals surface area contributed by atoms with E-state index in [1.165, 1.54) is 30.5 Å². The highest BCUT2D eigenvalue weighted by Gasteiger charge is 2.55. The van der Waals surface area contributed by atoms with Crippen LogP contribution in [0.3, 0.4) is 0 Å². The first-order valence-corrected chi connectivity index (χ1v) is 12.3. The maximum Gasteiger partial charge on any atom is 0.512 e. The lowest BCUT2D eigenvalue weighted by Crippen LogP contribution is -2.45. The highest BCUT2D eigenvalue weighted by Crippen LogP contribution is 2.27. The molecule has 0 aromatic heterocycles. The molecule has 1 aliphatic heterocycles. The van der Waals surface area contributed by atoms with Gasteiger partial charge in [-0.25, -0.2) is 16.8 Å². The second kappa shape index (κ2) is 11.2. The zero-order valence-electron chi connectivity index (χ0n) is 17.4. The molecule has 0 aliphatic carbocycles. The molecule has 0 atom stereocenters. The Morgan fingerprint density at radius 1 is 0.939 bits per heavy atom. The van der Waals surface area contributed by atoms with E-state index < -0.39 is 35.2 Å². The molecular weight excluding hydrogens is 500 g/mol. The summed E-state index contributed by atoms with van der Waals surface area (Å²) in [6.45, 7) is 9.17. The van der Waals surface area contributed by atoms with Crippen molar-refractivity contribution in [2.75, 3.05) is 13.2 Å². The third kappa shape index (κ3) is 8.89. The third-order valence-corrected chi connectivity index (χ3v) is 7.05. The van der Waals surface area contributed by atoms with Crippen molar-refractivity contribution in [2.45, 2.75) is 37.3 Å². The van der Waals surface area contributed by atoms with Crippen LogP contribution in [0.4, 0.5) is 26.3 Å². The van der Waals surface area contributed by atoms with Gasteiger partial charge in [0.2, 0.25) is 0 Å². The minimum atomic E-state index is -6.60. The van der Waals surface area contributed by atoms with Crippen molar-refractivity contribution in [3.8, 4) is 0 Å². The Morgan fingerprint density at radius 2 is 1.42 bits per heavy atom. The Labute approximate surface area is 188 Å². The molecule has 0 radical (unpaired) electrons. The van der Waals surface area contributed by atoms with Gasteiger partial charge >= 0.3 is 31.1 Å². The predicted molar refractivity (Wildman–Crippen MR) is 111 cm³/mol. The van der Waals surface area contributed by atoms with E-state index in [0.717, 1.165) is 13.2 Å². The summed E-state index contributed by atoms with van der Waals surface area (Å²) < 4.78 is 108. The van der Waals surface area contributed by atoms with Gasteiger partial charge in [-0.3, -0.25) is 0 Å². The van der Waals surface area contributed by atoms with Gasteiger partial charge in [-0.05, 0) is 17.5 Å². The lowest BCUT2D eigenvalue weighted by atomic mass is 10.1. The van der Waals surface area contributed by atoms with Gasteiger partial charge in [0, 0.05) is 25.5 Å². The van der Waals surface area contributed by atoms with Crippen molar-refractivity contribution in [3.05, 3.63) is 54.4 Å². The fourth-order valence-electron chi connectivity index (χ4n) is 2.36. The Bertz CT molecular complexity index is 979. The quantitative estimate of drug-likeness (QED) is 0.520. The van der Waals surface area contributed by atoms with Gasteiger partial charge in [-0.1, -0.05) is 54.4 Å². The summed E-state index contributed by atoms with van der Waals surface area (Å²) in [5.41, 5.74) is -9.76. The predicted octanol–water partition coefficient (Wildman–Crippen LogP) is 3.95. The Kier molecular flexibility index (Phi) is 9.80. The van der Waals surface area contributed by atoms with Gasteiger partial charge in [-0.15, -0.1) is 0 Å². The van der Waals surface area contributed by atoms with Crippen LogP contribution in [0.15, 0.2) is 43.2 Å². The Balaban J connectivity index is 0.000000337. The van der Waals surface area contributed by atoms with Gasteiger partial charge in [0.25, 0.3) is 0 Å². The molecule has 1 aromatic rings. The van der Waals surface area contributed by atoms with Gasteiger partial charge in [0.1, 0.15) is 0 Å². The molecular formula is C18H23F6N3O4S2. The largest absolute Gasteiger partial charge is 0.512 e. The normalized spacial score (nSPS) is 14.8. The second-order valence-corrected chi connectivity index (χ2v) is 10.4. The van der Waals surface area contributed by atoms with E-state index in [1.54, 1.807) is 0 Å². The zero-order chi connectivity index (χ0) is 25.5. The minimum absolute atomic E-state index is 0.493. The SMILES string of the molecule is C=Cc1ccc(CN2C=CN(CCCC)C2)cc1.O=S(=O)(NS(=O)(=O)C(F)(F)F)C(F)(F)F. The van der Waals surface area contributed by atoms with E-state index in [9.17, 15) is 43.2 Å². The van der Waals surface area contributed by atoms with Gasteiger partial charge in [-0.2, -0.15) is 26.3 Å². The van der Waals surface area contributed by atoms with E-state index in [2.05, 4.69) is 60.0 Å². The number of halogens is 6. The van der Waals surface area contributed by atoms with E-state index >= 15 is 0 Å². The van der Waals surface area contributed by atoms with Crippen LogP contribution in [0.25, 0.3) is 6.08 Å². The molecule has 1 heterocycles. The number of nitrogens with one attached hydrogen (secondary N) is 1. The highest BCUT2D eigenvalue weighted by molar-refractivity contribution is 8.05. The molecule has 188 valence electrons. The number of unbranched alkanes of at least 4 members (excludes halogenated alkanes) is 1. The van der Waals surface area contributed by atoms with Crippen molar-refractivity contribution in [1.82, 2.24) is 13.9 Å². The first kappa shape index (κ1) is 28.8. The van der Waals surface area contributed by atoms with Crippen molar-refractivity contribution in [1.29, 1.82) is 0 Å². The first-order chi connectivity index (χ1) is 15.0. The molecule has 0 saturated carbocycles. The molecule has 1 N–H and O–H groups in total. The van der Waals surface area contributed by atoms with E-state index in [4.69, 9.17) is 0 Å². The summed E-state index contributed by atoms with van der Waals surface area (Å²) >= 11 is 0. The molecule has 0 bridgehead atoms. The lowest BCUT2D eigenvalue weighted by molar-refractivity contribution is -0.0476. The minimum Gasteiger partial charge on any atom is -0.359 e. The van der Waals surface area contributed by atoms with Crippen molar-refractivity contribution >= 4 is 26.1 Å². The Morgan fingerprint density at radius 3 is 1.85 bits per heavy atom. The van der Waals surface area contributed by atoms with Crippen LogP contribution in [0.1, 0.15) is 30.9 Å². The maximum absolute atomic E-state index is 11.5. The van der Waals surface area contributed by atoms with Crippen LogP contribution in [0, 0.1) is 0 Å². The molecule has 2 rings (SSSR count). The number of nitrogens with zero attached hydrogens (tertiary/aromatic N) is 2. The number of alkyl halides is 6. The van der Waals surface area contributed by atoms with E-state index in [1.807, 2.05) is 6.08 Å². The van der Waals surface area contributed by atoms with Crippen LogP contribution in [-0.2, 0) is 26.6 Å². The summed E-state index contributed by atoms with van der Waals surface area (Å²) in [6.07, 6.45) is 8.80. The number of benzene rings is 1. The van der Waals surface area contributed by atoms with E-state index in [0.29, 0.717) is 0 Å². The topological polar surface area (TPSA) is 86.8 Å². The molecule has 15 heteroatoms. The highest BCUT2D eigenvalue weighted by atomic mass is 32.3. The first-order valence-electron chi connectivity index (χ1n) is 9.31. The summed E-state index contributed by atoms with van der Waals surface area (Å²) in [6, 6.07) is 8.60. The molecule has 0 fully saturated rings. The number of sulfonamides is 2. The molecule has 33 heavy (non-hydrogen) atoms. The van der Waals surface area contributed by atoms with Crippen molar-refractivity contribution in [3.63, 3.8) is 0 Å². The fraction of sp³-hybridized carbons (Fsp3) is 0.444. The molecule has 1 aromatic carbocycles. The van der Waals surface area contributed by atoms with Gasteiger partial charge < -0.3 is 9.80 Å². The van der Waals surface area contributed by atoms with Crippen LogP contribution in [0.5, 0.6) is 0 Å². The number of rotatable bonds is 8. The molecule has 0 saturated heterocycles. The summed E-state index contributed by atoms with van der Waals surface area (Å²) in [7, 11) is -13.2. The third-order valence-electron chi connectivity index (χ3n) is 4.08. The van der Waals surface area contributed by atoms with Crippen LogP contribution >= 0.6 is 0 Å². The molecule has 0 spiro atoms. The zero-order valence-corrected chi connectivity index (χ0v) is 19.0. The standard InChI is InChI=1S/C16H22N2.C2HF6NO4S2/c1-3-5-10-17-11-12-18(14-17)13-16-8-6-15(4-2)7-9-16;3-1(4,5)14(10,11)9-15(12,13)2(6,7)8/h4,6-9,11-12H,2-3,5,10,13-14H2,1H3;9H. The number of hydrogen-bond acceptors (Lipinski definition) is 6. The average molecular weight is 524 g/mol. The molecule has 0 unspecified atom stereocenters. The van der Waals surface area contributed by atoms with Crippen molar-refractivity contribution in [2.24, 2.45) is 0 Å². The lowest BCUT2D eigenvalue weighted by Gasteiger charge is -2.21. The smallest absolute Gasteiger partial charge is 0.359 e. The fourth-order valence-corrected chi connectivity index (χ4v) is 4.27. The Hall–Kier alpha value is -2.26. The average Bonchev–Trinajstić information content (AvgIpc) is 3.12. The monoisotopic (exact) mass is 523 g/mol. The van der Waals surface area contributed by atoms with Gasteiger partial charge in [0.15, 0.2) is 0 Å². The van der Waals surface area contributed by atoms with Gasteiger partial charge in [0.05, 0.1) is 6.67 Å². The number of hydrogen-bond donors (Lipinski definition) is 1. The van der Waals surface area contributed by atoms with E-state index in [-0.39, 0.29) is 0 Å². The summed E-state index contributed by atoms with van der Waals surface area (Å²) in [4.78, 5) is 4.72.